The number of carbonyl (C=O) groups excluding carboxylic acids is 1. The molecule has 0 fully saturated rings. The average molecular weight is 398 g/mol. The maximum Gasteiger partial charge on any atom is 0.338 e. The van der Waals surface area contributed by atoms with Gasteiger partial charge in [0.15, 0.2) is 0 Å². The van der Waals surface area contributed by atoms with Crippen LogP contribution in [0.4, 0.5) is 5.69 Å². The largest absolute Gasteiger partial charge is 0.465 e. The number of esters is 1. The minimum Gasteiger partial charge on any atom is -0.465 e. The van der Waals surface area contributed by atoms with Crippen LogP contribution in [0.15, 0.2) is 53.0 Å². The van der Waals surface area contributed by atoms with E-state index in [4.69, 9.17) is 4.74 Å². The molecule has 4 heteroatoms. The maximum absolute atomic E-state index is 12.1. The fraction of sp³-hybridized carbons (Fsp3) is 0.286. The minimum atomic E-state index is -0.287. The second-order valence-corrected chi connectivity index (χ2v) is 7.64. The zero-order valence-corrected chi connectivity index (χ0v) is 15.8. The topological polar surface area (TPSA) is 38.3 Å². The lowest BCUT2D eigenvalue weighted by atomic mass is 9.76. The van der Waals surface area contributed by atoms with Crippen molar-refractivity contribution in [3.8, 4) is 0 Å². The number of halogens is 1. The maximum atomic E-state index is 12.1. The monoisotopic (exact) mass is 397 g/mol. The van der Waals surface area contributed by atoms with Crippen LogP contribution in [0, 0.1) is 12.8 Å². The second-order valence-electron chi connectivity index (χ2n) is 6.72. The van der Waals surface area contributed by atoms with Gasteiger partial charge in [-0.1, -0.05) is 46.3 Å². The van der Waals surface area contributed by atoms with E-state index in [9.17, 15) is 4.79 Å². The molecule has 0 bridgehead atoms. The summed E-state index contributed by atoms with van der Waals surface area (Å²) in [5.74, 6) is 0.584. The highest BCUT2D eigenvalue weighted by atomic mass is 79.9. The van der Waals surface area contributed by atoms with E-state index in [2.05, 4.69) is 57.7 Å². The number of benzene rings is 2. The summed E-state index contributed by atoms with van der Waals surface area (Å²) in [7, 11) is 1.43. The van der Waals surface area contributed by atoms with Crippen LogP contribution in [0.25, 0.3) is 0 Å². The third-order valence-electron chi connectivity index (χ3n) is 5.41. The molecule has 1 N–H and O–H groups in total. The van der Waals surface area contributed by atoms with Gasteiger partial charge in [0.25, 0.3) is 0 Å². The normalized spacial score (nSPS) is 23.6. The lowest BCUT2D eigenvalue weighted by molar-refractivity contribution is 0.0600. The van der Waals surface area contributed by atoms with Crippen LogP contribution in [0.1, 0.15) is 45.4 Å². The molecule has 1 heterocycles. The fourth-order valence-corrected chi connectivity index (χ4v) is 4.59. The lowest BCUT2D eigenvalue weighted by Crippen LogP contribution is -2.30. The predicted molar refractivity (Wildman–Crippen MR) is 103 cm³/mol. The summed E-state index contributed by atoms with van der Waals surface area (Å²) in [6.07, 6.45) is 5.65. The van der Waals surface area contributed by atoms with Gasteiger partial charge in [-0.3, -0.25) is 0 Å². The summed E-state index contributed by atoms with van der Waals surface area (Å²) < 4.78 is 6.02. The highest BCUT2D eigenvalue weighted by Gasteiger charge is 2.39. The van der Waals surface area contributed by atoms with Gasteiger partial charge in [-0.15, -0.1) is 0 Å². The van der Waals surface area contributed by atoms with E-state index in [0.717, 1.165) is 22.1 Å². The molecule has 3 nitrogen and oxygen atoms in total. The molecule has 128 valence electrons. The van der Waals surface area contributed by atoms with Crippen molar-refractivity contribution in [3.05, 3.63) is 75.3 Å². The molecule has 2 aromatic carbocycles. The van der Waals surface area contributed by atoms with Crippen molar-refractivity contribution < 1.29 is 9.53 Å². The van der Waals surface area contributed by atoms with E-state index in [1.807, 2.05) is 19.1 Å². The molecule has 4 rings (SSSR count). The first-order valence-corrected chi connectivity index (χ1v) is 9.30. The predicted octanol–water partition coefficient (Wildman–Crippen LogP) is 5.37. The molecule has 0 aromatic heterocycles. The first kappa shape index (κ1) is 16.4. The van der Waals surface area contributed by atoms with Gasteiger partial charge in [0.2, 0.25) is 0 Å². The van der Waals surface area contributed by atoms with Crippen LogP contribution < -0.4 is 5.32 Å². The zero-order valence-electron chi connectivity index (χ0n) is 14.3. The number of methoxy groups -OCH3 is 1. The van der Waals surface area contributed by atoms with Crippen molar-refractivity contribution in [2.24, 2.45) is 5.92 Å². The average Bonchev–Trinajstić information content (AvgIpc) is 3.11. The van der Waals surface area contributed by atoms with Crippen LogP contribution in [-0.2, 0) is 4.74 Å². The Kier molecular flexibility index (Phi) is 4.16. The smallest absolute Gasteiger partial charge is 0.338 e. The molecule has 3 atom stereocenters. The first-order valence-electron chi connectivity index (χ1n) is 8.50. The summed E-state index contributed by atoms with van der Waals surface area (Å²) in [6, 6.07) is 12.7. The molecule has 0 spiro atoms. The number of allylic oxidation sites excluding steroid dienone is 2. The van der Waals surface area contributed by atoms with E-state index in [1.54, 1.807) is 0 Å². The van der Waals surface area contributed by atoms with Gasteiger partial charge >= 0.3 is 5.97 Å². The fourth-order valence-electron chi connectivity index (χ4n) is 4.18. The van der Waals surface area contributed by atoms with E-state index in [0.29, 0.717) is 17.4 Å². The first-order chi connectivity index (χ1) is 12.1. The molecular formula is C21H20BrNO2. The zero-order chi connectivity index (χ0) is 17.6. The molecule has 1 aliphatic carbocycles. The third kappa shape index (κ3) is 2.69. The molecule has 2 aromatic rings. The molecule has 2 aliphatic rings. The number of nitrogens with one attached hydrogen (secondary N) is 1. The summed E-state index contributed by atoms with van der Waals surface area (Å²) in [5.41, 5.74) is 5.20. The number of anilines is 1. The molecule has 25 heavy (non-hydrogen) atoms. The molecule has 0 radical (unpaired) electrons. The molecule has 0 unspecified atom stereocenters. The van der Waals surface area contributed by atoms with E-state index >= 15 is 0 Å². The molecule has 1 aliphatic heterocycles. The Morgan fingerprint density at radius 2 is 2.12 bits per heavy atom. The Balaban J connectivity index is 1.83. The quantitative estimate of drug-likeness (QED) is 0.546. The van der Waals surface area contributed by atoms with Crippen molar-refractivity contribution in [2.75, 3.05) is 12.4 Å². The van der Waals surface area contributed by atoms with E-state index < -0.39 is 0 Å². The third-order valence-corrected chi connectivity index (χ3v) is 5.90. The van der Waals surface area contributed by atoms with E-state index in [-0.39, 0.29) is 12.0 Å². The van der Waals surface area contributed by atoms with Gasteiger partial charge in [-0.25, -0.2) is 4.79 Å². The number of hydrogen-bond acceptors (Lipinski definition) is 3. The number of carbonyl (C=O) groups is 1. The Morgan fingerprint density at radius 3 is 2.88 bits per heavy atom. The number of rotatable bonds is 2. The van der Waals surface area contributed by atoms with Gasteiger partial charge in [0.05, 0.1) is 18.7 Å². The SMILES string of the molecule is COC(=O)c1ccc2c(c1C)N[C@H](c1cccc(Br)c1)[C@H]1CC=C[C@@H]21. The lowest BCUT2D eigenvalue weighted by Gasteiger charge is -2.38. The molecule has 0 amide bonds. The number of ether oxygens (including phenoxy) is 1. The van der Waals surface area contributed by atoms with Crippen LogP contribution in [0.2, 0.25) is 0 Å². The van der Waals surface area contributed by atoms with Gasteiger partial charge in [-0.05, 0) is 54.2 Å². The Hall–Kier alpha value is -2.07. The number of fused-ring (bicyclic) bond motifs is 3. The van der Waals surface area contributed by atoms with Gasteiger partial charge < -0.3 is 10.1 Å². The second kappa shape index (κ2) is 6.34. The molecular weight excluding hydrogens is 378 g/mol. The summed E-state index contributed by atoms with van der Waals surface area (Å²) in [6.45, 7) is 2.00. The van der Waals surface area contributed by atoms with Crippen molar-refractivity contribution in [2.45, 2.75) is 25.3 Å². The van der Waals surface area contributed by atoms with Crippen molar-refractivity contribution in [3.63, 3.8) is 0 Å². The van der Waals surface area contributed by atoms with Crippen LogP contribution >= 0.6 is 15.9 Å². The van der Waals surface area contributed by atoms with Gasteiger partial charge in [0.1, 0.15) is 0 Å². The Bertz CT molecular complexity index is 874. The van der Waals surface area contributed by atoms with Gasteiger partial charge in [0, 0.05) is 16.1 Å². The van der Waals surface area contributed by atoms with E-state index in [1.165, 1.54) is 18.2 Å². The Labute approximate surface area is 156 Å². The molecule has 0 saturated carbocycles. The van der Waals surface area contributed by atoms with Crippen molar-refractivity contribution in [1.29, 1.82) is 0 Å². The highest BCUT2D eigenvalue weighted by molar-refractivity contribution is 9.10. The summed E-state index contributed by atoms with van der Waals surface area (Å²) in [5, 5.41) is 3.73. The van der Waals surface area contributed by atoms with Crippen molar-refractivity contribution >= 4 is 27.6 Å². The van der Waals surface area contributed by atoms with Crippen LogP contribution in [0.3, 0.4) is 0 Å². The molecule has 0 saturated heterocycles. The summed E-state index contributed by atoms with van der Waals surface area (Å²) >= 11 is 3.58. The van der Waals surface area contributed by atoms with Crippen LogP contribution in [0.5, 0.6) is 0 Å². The van der Waals surface area contributed by atoms with Crippen molar-refractivity contribution in [1.82, 2.24) is 0 Å². The minimum absolute atomic E-state index is 0.219. The summed E-state index contributed by atoms with van der Waals surface area (Å²) in [4.78, 5) is 12.1. The van der Waals surface area contributed by atoms with Gasteiger partial charge in [-0.2, -0.15) is 0 Å². The Morgan fingerprint density at radius 1 is 1.28 bits per heavy atom. The number of hydrogen-bond donors (Lipinski definition) is 1. The van der Waals surface area contributed by atoms with Crippen LogP contribution in [-0.4, -0.2) is 13.1 Å². The highest BCUT2D eigenvalue weighted by Crippen LogP contribution is 2.51. The standard InChI is InChI=1S/C21H20BrNO2/c1-12-15(21(24)25-2)9-10-18-16-7-4-8-17(16)20(23-19(12)18)13-5-3-6-14(22)11-13/h3-7,9-11,16-17,20,23H,8H2,1-2H3/t16-,17+,20-/m1/s1.